The van der Waals surface area contributed by atoms with Gasteiger partial charge in [-0.2, -0.15) is 5.10 Å². The number of carbonyl (C=O) groups excluding carboxylic acids is 1. The molecule has 0 unspecified atom stereocenters. The van der Waals surface area contributed by atoms with Crippen LogP contribution >= 0.6 is 11.6 Å². The van der Waals surface area contributed by atoms with Gasteiger partial charge < -0.3 is 10.1 Å². The lowest BCUT2D eigenvalue weighted by Crippen LogP contribution is -2.34. The Balaban J connectivity index is 1.88. The van der Waals surface area contributed by atoms with E-state index in [0.29, 0.717) is 5.02 Å². The maximum atomic E-state index is 12.0. The van der Waals surface area contributed by atoms with Crippen LogP contribution in [0, 0.1) is 0 Å². The van der Waals surface area contributed by atoms with Gasteiger partial charge >= 0.3 is 0 Å². The predicted molar refractivity (Wildman–Crippen MR) is 93.3 cm³/mol. The lowest BCUT2D eigenvalue weighted by atomic mass is 10.2. The number of ether oxygens (including phenoxy) is 1. The van der Waals surface area contributed by atoms with Crippen LogP contribution in [0.15, 0.2) is 53.6 Å². The first-order valence-corrected chi connectivity index (χ1v) is 7.45. The van der Waals surface area contributed by atoms with Crippen molar-refractivity contribution >= 4 is 29.4 Å². The number of amides is 1. The van der Waals surface area contributed by atoms with E-state index < -0.39 is 6.04 Å². The summed E-state index contributed by atoms with van der Waals surface area (Å²) < 4.78 is 5.13. The van der Waals surface area contributed by atoms with Crippen molar-refractivity contribution in [3.05, 3.63) is 59.1 Å². The van der Waals surface area contributed by atoms with Crippen molar-refractivity contribution in [3.8, 4) is 5.75 Å². The van der Waals surface area contributed by atoms with E-state index in [4.69, 9.17) is 16.3 Å². The molecule has 2 rings (SSSR count). The van der Waals surface area contributed by atoms with Crippen LogP contribution in [0.25, 0.3) is 0 Å². The first kappa shape index (κ1) is 16.8. The largest absolute Gasteiger partial charge is 0.497 e. The minimum absolute atomic E-state index is 0.237. The molecule has 0 saturated heterocycles. The summed E-state index contributed by atoms with van der Waals surface area (Å²) in [6.45, 7) is 1.75. The van der Waals surface area contributed by atoms with Gasteiger partial charge in [-0.25, -0.2) is 5.43 Å². The Morgan fingerprint density at radius 3 is 2.70 bits per heavy atom. The number of benzene rings is 2. The van der Waals surface area contributed by atoms with Gasteiger partial charge in [0.25, 0.3) is 5.91 Å². The standard InChI is InChI=1S/C17H18ClN3O2/c1-12(20-15-8-6-14(18)7-9-15)17(22)21-19-11-13-4-3-5-16(10-13)23-2/h3-12,20H,1-2H3,(H,21,22)/b19-11-/t12-/m0/s1. The third kappa shape index (κ3) is 5.30. The number of anilines is 1. The molecule has 0 saturated carbocycles. The number of nitrogens with zero attached hydrogens (tertiary/aromatic N) is 1. The molecule has 2 N–H and O–H groups in total. The van der Waals surface area contributed by atoms with E-state index in [1.54, 1.807) is 32.4 Å². The van der Waals surface area contributed by atoms with Crippen molar-refractivity contribution in [2.45, 2.75) is 13.0 Å². The van der Waals surface area contributed by atoms with Crippen molar-refractivity contribution in [2.75, 3.05) is 12.4 Å². The van der Waals surface area contributed by atoms with Gasteiger partial charge in [-0.05, 0) is 48.9 Å². The second-order valence-electron chi connectivity index (χ2n) is 4.88. The van der Waals surface area contributed by atoms with E-state index in [1.807, 2.05) is 36.4 Å². The highest BCUT2D eigenvalue weighted by molar-refractivity contribution is 6.30. The van der Waals surface area contributed by atoms with Gasteiger partial charge in [0.15, 0.2) is 0 Å². The van der Waals surface area contributed by atoms with Gasteiger partial charge in [-0.15, -0.1) is 0 Å². The molecular formula is C17H18ClN3O2. The van der Waals surface area contributed by atoms with Crippen LogP contribution < -0.4 is 15.5 Å². The van der Waals surface area contributed by atoms with E-state index in [2.05, 4.69) is 15.8 Å². The Kier molecular flexibility index (Phi) is 6.00. The second kappa shape index (κ2) is 8.19. The van der Waals surface area contributed by atoms with E-state index in [-0.39, 0.29) is 5.91 Å². The Bertz CT molecular complexity index is 686. The monoisotopic (exact) mass is 331 g/mol. The summed E-state index contributed by atoms with van der Waals surface area (Å²) >= 11 is 5.82. The van der Waals surface area contributed by atoms with Crippen LogP contribution in [-0.4, -0.2) is 25.3 Å². The summed E-state index contributed by atoms with van der Waals surface area (Å²) in [6, 6.07) is 14.1. The fourth-order valence-corrected chi connectivity index (χ4v) is 1.98. The SMILES string of the molecule is COc1cccc(/C=N\NC(=O)[C@H](C)Nc2ccc(Cl)cc2)c1. The summed E-state index contributed by atoms with van der Waals surface area (Å²) in [5, 5.41) is 7.67. The van der Waals surface area contributed by atoms with Crippen LogP contribution in [0.1, 0.15) is 12.5 Å². The highest BCUT2D eigenvalue weighted by atomic mass is 35.5. The number of hydrazone groups is 1. The molecule has 120 valence electrons. The zero-order valence-corrected chi connectivity index (χ0v) is 13.7. The van der Waals surface area contributed by atoms with E-state index >= 15 is 0 Å². The summed E-state index contributed by atoms with van der Waals surface area (Å²) in [5.41, 5.74) is 4.15. The molecule has 2 aromatic rings. The van der Waals surface area contributed by atoms with Crippen LogP contribution in [-0.2, 0) is 4.79 Å². The molecule has 0 heterocycles. The molecule has 5 nitrogen and oxygen atoms in total. The number of methoxy groups -OCH3 is 1. The molecule has 0 spiro atoms. The Morgan fingerprint density at radius 1 is 1.26 bits per heavy atom. The van der Waals surface area contributed by atoms with E-state index in [0.717, 1.165) is 17.0 Å². The molecular weight excluding hydrogens is 314 g/mol. The van der Waals surface area contributed by atoms with E-state index in [1.165, 1.54) is 0 Å². The van der Waals surface area contributed by atoms with Crippen molar-refractivity contribution in [1.82, 2.24) is 5.43 Å². The molecule has 23 heavy (non-hydrogen) atoms. The summed E-state index contributed by atoms with van der Waals surface area (Å²) in [6.07, 6.45) is 1.56. The first-order valence-electron chi connectivity index (χ1n) is 7.07. The van der Waals surface area contributed by atoms with Gasteiger partial charge in [0, 0.05) is 10.7 Å². The van der Waals surface area contributed by atoms with Gasteiger partial charge in [0.05, 0.1) is 13.3 Å². The van der Waals surface area contributed by atoms with Crippen molar-refractivity contribution in [1.29, 1.82) is 0 Å². The Hall–Kier alpha value is -2.53. The maximum absolute atomic E-state index is 12.0. The molecule has 0 radical (unpaired) electrons. The minimum Gasteiger partial charge on any atom is -0.497 e. The number of halogens is 1. The van der Waals surface area contributed by atoms with Crippen LogP contribution in [0.2, 0.25) is 5.02 Å². The smallest absolute Gasteiger partial charge is 0.262 e. The van der Waals surface area contributed by atoms with Gasteiger partial charge in [-0.3, -0.25) is 4.79 Å². The normalized spacial score (nSPS) is 12.0. The molecule has 0 fully saturated rings. The number of rotatable bonds is 6. The molecule has 0 aliphatic heterocycles. The van der Waals surface area contributed by atoms with Crippen molar-refractivity contribution < 1.29 is 9.53 Å². The Labute approximate surface area is 140 Å². The van der Waals surface area contributed by atoms with E-state index in [9.17, 15) is 4.79 Å². The molecule has 1 amide bonds. The average molecular weight is 332 g/mol. The van der Waals surface area contributed by atoms with Gasteiger partial charge in [0.1, 0.15) is 11.8 Å². The predicted octanol–water partition coefficient (Wildman–Crippen LogP) is 3.30. The molecule has 0 aromatic heterocycles. The second-order valence-corrected chi connectivity index (χ2v) is 5.32. The summed E-state index contributed by atoms with van der Waals surface area (Å²) in [7, 11) is 1.60. The highest BCUT2D eigenvalue weighted by Gasteiger charge is 2.11. The fourth-order valence-electron chi connectivity index (χ4n) is 1.85. The molecule has 6 heteroatoms. The van der Waals surface area contributed by atoms with Crippen LogP contribution in [0.3, 0.4) is 0 Å². The van der Waals surface area contributed by atoms with Crippen molar-refractivity contribution in [2.24, 2.45) is 5.10 Å². The zero-order valence-electron chi connectivity index (χ0n) is 12.9. The quantitative estimate of drug-likeness (QED) is 0.630. The lowest BCUT2D eigenvalue weighted by molar-refractivity contribution is -0.121. The Morgan fingerprint density at radius 2 is 2.00 bits per heavy atom. The maximum Gasteiger partial charge on any atom is 0.262 e. The molecule has 1 atom stereocenters. The zero-order chi connectivity index (χ0) is 16.7. The van der Waals surface area contributed by atoms with Gasteiger partial charge in [-0.1, -0.05) is 23.7 Å². The van der Waals surface area contributed by atoms with Gasteiger partial charge in [0.2, 0.25) is 0 Å². The average Bonchev–Trinajstić information content (AvgIpc) is 2.57. The van der Waals surface area contributed by atoms with Crippen LogP contribution in [0.5, 0.6) is 5.75 Å². The van der Waals surface area contributed by atoms with Crippen molar-refractivity contribution in [3.63, 3.8) is 0 Å². The molecule has 0 aliphatic rings. The molecule has 2 aromatic carbocycles. The number of hydrogen-bond donors (Lipinski definition) is 2. The molecule has 0 bridgehead atoms. The number of carbonyl (C=O) groups is 1. The first-order chi connectivity index (χ1) is 11.1. The minimum atomic E-state index is -0.432. The summed E-state index contributed by atoms with van der Waals surface area (Å²) in [5.74, 6) is 0.497. The summed E-state index contributed by atoms with van der Waals surface area (Å²) in [4.78, 5) is 12.0. The third-order valence-corrected chi connectivity index (χ3v) is 3.35. The molecule has 0 aliphatic carbocycles. The van der Waals surface area contributed by atoms with Crippen LogP contribution in [0.4, 0.5) is 5.69 Å². The number of hydrogen-bond acceptors (Lipinski definition) is 4. The fraction of sp³-hybridized carbons (Fsp3) is 0.176. The highest BCUT2D eigenvalue weighted by Crippen LogP contribution is 2.14. The topological polar surface area (TPSA) is 62.7 Å². The third-order valence-electron chi connectivity index (χ3n) is 3.10. The lowest BCUT2D eigenvalue weighted by Gasteiger charge is -2.13. The number of nitrogens with one attached hydrogen (secondary N) is 2.